The molecule has 1 rings (SSSR count). The van der Waals surface area contributed by atoms with Crippen LogP contribution < -0.4 is 0 Å². The summed E-state index contributed by atoms with van der Waals surface area (Å²) in [5.74, 6) is 0. The summed E-state index contributed by atoms with van der Waals surface area (Å²) in [6.07, 6.45) is 2.64. The van der Waals surface area contributed by atoms with Crippen LogP contribution >= 0.6 is 0 Å². The monoisotopic (exact) mass is 164 g/mol. The molecule has 62 valence electrons. The average molecular weight is 164 g/mol. The normalized spacial score (nSPS) is 11.3. The largest absolute Gasteiger partial charge is 0.411 e. The Morgan fingerprint density at radius 1 is 0.833 bits per heavy atom. The highest BCUT2D eigenvalue weighted by Crippen LogP contribution is 1.99. The summed E-state index contributed by atoms with van der Waals surface area (Å²) in [6.45, 7) is 0. The molecule has 0 aliphatic rings. The van der Waals surface area contributed by atoms with Crippen LogP contribution in [0.4, 0.5) is 0 Å². The molecule has 0 amide bonds. The van der Waals surface area contributed by atoms with E-state index in [0.717, 1.165) is 11.1 Å². The predicted octanol–water partition coefficient (Wildman–Crippen LogP) is 1.30. The Kier molecular flexibility index (Phi) is 2.84. The van der Waals surface area contributed by atoms with Crippen molar-refractivity contribution in [3.63, 3.8) is 0 Å². The van der Waals surface area contributed by atoms with Crippen LogP contribution in [0.2, 0.25) is 0 Å². The number of rotatable bonds is 2. The van der Waals surface area contributed by atoms with Gasteiger partial charge in [0.25, 0.3) is 0 Å². The van der Waals surface area contributed by atoms with Crippen LogP contribution in [0.15, 0.2) is 34.6 Å². The average Bonchev–Trinajstić information content (AvgIpc) is 2.09. The molecule has 0 saturated carbocycles. The molecule has 1 aromatic rings. The summed E-state index contributed by atoms with van der Waals surface area (Å²) in [4.78, 5) is 0. The molecule has 0 spiro atoms. The number of oxime groups is 2. The molecule has 4 nitrogen and oxygen atoms in total. The highest BCUT2D eigenvalue weighted by molar-refractivity contribution is 5.83. The van der Waals surface area contributed by atoms with Gasteiger partial charge in [0.15, 0.2) is 0 Å². The number of hydrogen-bond donors (Lipinski definition) is 2. The lowest BCUT2D eigenvalue weighted by atomic mass is 10.2. The fourth-order valence-electron chi connectivity index (χ4n) is 0.801. The second-order valence-corrected chi connectivity index (χ2v) is 2.16. The van der Waals surface area contributed by atoms with E-state index in [1.54, 1.807) is 24.3 Å². The van der Waals surface area contributed by atoms with Crippen molar-refractivity contribution in [3.8, 4) is 0 Å². The van der Waals surface area contributed by atoms with Gasteiger partial charge in [0.1, 0.15) is 0 Å². The van der Waals surface area contributed by atoms with E-state index in [0.29, 0.717) is 0 Å². The molecule has 0 heterocycles. The third kappa shape index (κ3) is 2.09. The van der Waals surface area contributed by atoms with Gasteiger partial charge in [0.05, 0.1) is 12.4 Å². The van der Waals surface area contributed by atoms with Gasteiger partial charge in [-0.2, -0.15) is 0 Å². The van der Waals surface area contributed by atoms with E-state index in [9.17, 15) is 0 Å². The zero-order chi connectivity index (χ0) is 8.81. The summed E-state index contributed by atoms with van der Waals surface area (Å²) in [5, 5.41) is 22.1. The molecule has 0 aromatic heterocycles. The van der Waals surface area contributed by atoms with Crippen LogP contribution in [0.3, 0.4) is 0 Å². The Morgan fingerprint density at radius 3 is 1.42 bits per heavy atom. The van der Waals surface area contributed by atoms with E-state index in [-0.39, 0.29) is 0 Å². The Morgan fingerprint density at radius 2 is 1.17 bits per heavy atom. The van der Waals surface area contributed by atoms with E-state index < -0.39 is 0 Å². The molecular weight excluding hydrogens is 156 g/mol. The molecule has 1 aromatic carbocycles. The Bertz CT molecular complexity index is 259. The number of nitrogens with zero attached hydrogens (tertiary/aromatic N) is 2. The first kappa shape index (κ1) is 8.26. The van der Waals surface area contributed by atoms with E-state index >= 15 is 0 Å². The van der Waals surface area contributed by atoms with Crippen LogP contribution in [-0.4, -0.2) is 22.8 Å². The first-order valence-electron chi connectivity index (χ1n) is 3.32. The van der Waals surface area contributed by atoms with Crippen molar-refractivity contribution in [1.29, 1.82) is 0 Å². The molecule has 12 heavy (non-hydrogen) atoms. The molecule has 2 N–H and O–H groups in total. The lowest BCUT2D eigenvalue weighted by Gasteiger charge is -1.92. The Balaban J connectivity index is 2.85. The minimum atomic E-state index is 0.785. The molecular formula is C8H8N2O2. The molecule has 0 fully saturated rings. The van der Waals surface area contributed by atoms with Gasteiger partial charge >= 0.3 is 0 Å². The van der Waals surface area contributed by atoms with Gasteiger partial charge in [-0.1, -0.05) is 34.6 Å². The van der Waals surface area contributed by atoms with E-state index in [1.165, 1.54) is 12.4 Å². The van der Waals surface area contributed by atoms with Crippen LogP contribution in [0.1, 0.15) is 11.1 Å². The van der Waals surface area contributed by atoms with Crippen LogP contribution in [0, 0.1) is 0 Å². The summed E-state index contributed by atoms with van der Waals surface area (Å²) >= 11 is 0. The maximum Gasteiger partial charge on any atom is 0.0733 e. The van der Waals surface area contributed by atoms with E-state index in [4.69, 9.17) is 10.4 Å². The van der Waals surface area contributed by atoms with Gasteiger partial charge in [-0.25, -0.2) is 0 Å². The standard InChI is InChI=1S/C8H8N2O2/c11-9-5-7-1-2-8(4-3-7)6-10-12/h1-6,11-12H/b9-5-,10-6?. The fraction of sp³-hybridized carbons (Fsp3) is 0. The quantitative estimate of drug-likeness (QED) is 0.393. The van der Waals surface area contributed by atoms with Crippen molar-refractivity contribution in [2.75, 3.05) is 0 Å². The zero-order valence-electron chi connectivity index (χ0n) is 6.25. The fourth-order valence-corrected chi connectivity index (χ4v) is 0.801. The third-order valence-electron chi connectivity index (χ3n) is 1.35. The summed E-state index contributed by atoms with van der Waals surface area (Å²) in [7, 11) is 0. The predicted molar refractivity (Wildman–Crippen MR) is 45.2 cm³/mol. The van der Waals surface area contributed by atoms with E-state index in [1.807, 2.05) is 0 Å². The lowest BCUT2D eigenvalue weighted by molar-refractivity contribution is 0.321. The van der Waals surface area contributed by atoms with Crippen LogP contribution in [-0.2, 0) is 0 Å². The van der Waals surface area contributed by atoms with Gasteiger partial charge in [-0.15, -0.1) is 0 Å². The molecule has 0 aliphatic heterocycles. The van der Waals surface area contributed by atoms with Crippen LogP contribution in [0.25, 0.3) is 0 Å². The van der Waals surface area contributed by atoms with Gasteiger partial charge in [0, 0.05) is 0 Å². The van der Waals surface area contributed by atoms with Crippen molar-refractivity contribution >= 4 is 12.4 Å². The Hall–Kier alpha value is -1.84. The van der Waals surface area contributed by atoms with Gasteiger partial charge in [-0.05, 0) is 11.1 Å². The maximum absolute atomic E-state index is 8.20. The smallest absolute Gasteiger partial charge is 0.0733 e. The lowest BCUT2D eigenvalue weighted by Crippen LogP contribution is -1.83. The van der Waals surface area contributed by atoms with Crippen molar-refractivity contribution in [2.45, 2.75) is 0 Å². The molecule has 0 saturated heterocycles. The van der Waals surface area contributed by atoms with E-state index in [2.05, 4.69) is 10.3 Å². The third-order valence-corrected chi connectivity index (χ3v) is 1.35. The molecule has 0 bridgehead atoms. The van der Waals surface area contributed by atoms with Gasteiger partial charge in [0.2, 0.25) is 0 Å². The molecule has 0 unspecified atom stereocenters. The maximum atomic E-state index is 8.20. The topological polar surface area (TPSA) is 65.2 Å². The first-order chi connectivity index (χ1) is 5.86. The zero-order valence-corrected chi connectivity index (χ0v) is 6.25. The number of hydrogen-bond acceptors (Lipinski definition) is 4. The molecule has 0 aliphatic carbocycles. The summed E-state index contributed by atoms with van der Waals surface area (Å²) in [5.41, 5.74) is 1.57. The Labute approximate surface area is 69.4 Å². The van der Waals surface area contributed by atoms with Crippen molar-refractivity contribution in [2.24, 2.45) is 10.3 Å². The van der Waals surface area contributed by atoms with Crippen LogP contribution in [0.5, 0.6) is 0 Å². The highest BCUT2D eigenvalue weighted by Gasteiger charge is 1.88. The van der Waals surface area contributed by atoms with Gasteiger partial charge < -0.3 is 10.4 Å². The minimum absolute atomic E-state index is 0.785. The van der Waals surface area contributed by atoms with Gasteiger partial charge in [-0.3, -0.25) is 0 Å². The van der Waals surface area contributed by atoms with Crippen molar-refractivity contribution in [1.82, 2.24) is 0 Å². The van der Waals surface area contributed by atoms with Crippen molar-refractivity contribution in [3.05, 3.63) is 35.4 Å². The second kappa shape index (κ2) is 4.12. The SMILES string of the molecule is ON=Cc1ccc(/C=N\O)cc1. The summed E-state index contributed by atoms with van der Waals surface area (Å²) < 4.78 is 0. The first-order valence-corrected chi connectivity index (χ1v) is 3.32. The molecule has 4 heteroatoms. The molecule has 0 radical (unpaired) electrons. The number of benzene rings is 1. The molecule has 0 atom stereocenters. The second-order valence-electron chi connectivity index (χ2n) is 2.16. The van der Waals surface area contributed by atoms with Crippen molar-refractivity contribution < 1.29 is 10.4 Å². The highest BCUT2D eigenvalue weighted by atomic mass is 16.4. The summed E-state index contributed by atoms with van der Waals surface area (Å²) in [6, 6.07) is 6.99. The minimum Gasteiger partial charge on any atom is -0.411 e.